The molecule has 0 spiro atoms. The summed E-state index contributed by atoms with van der Waals surface area (Å²) >= 11 is 3.37. The summed E-state index contributed by atoms with van der Waals surface area (Å²) < 4.78 is 7.37. The van der Waals surface area contributed by atoms with Gasteiger partial charge in [0.15, 0.2) is 0 Å². The lowest BCUT2D eigenvalue weighted by molar-refractivity contribution is 0.0867. The first-order chi connectivity index (χ1) is 8.48. The van der Waals surface area contributed by atoms with Gasteiger partial charge in [-0.1, -0.05) is 0 Å². The first-order valence-corrected chi connectivity index (χ1v) is 6.81. The number of methoxy groups -OCH3 is 1. The molecule has 0 radical (unpaired) electrons. The third-order valence-electron chi connectivity index (χ3n) is 3.43. The molecule has 1 aliphatic rings. The number of hydrogen-bond donors (Lipinski definition) is 1. The zero-order valence-electron chi connectivity index (χ0n) is 10.6. The van der Waals surface area contributed by atoms with Crippen molar-refractivity contribution in [3.05, 3.63) is 16.4 Å². The number of aromatic nitrogens is 2. The maximum Gasteiger partial charge on any atom is 0.201 e. The van der Waals surface area contributed by atoms with Crippen molar-refractivity contribution in [3.8, 4) is 0 Å². The molecular formula is C12H18BrN3O2. The molecule has 1 aromatic rings. The van der Waals surface area contributed by atoms with E-state index in [9.17, 15) is 4.79 Å². The van der Waals surface area contributed by atoms with Crippen LogP contribution >= 0.6 is 15.9 Å². The van der Waals surface area contributed by atoms with E-state index in [1.807, 2.05) is 6.92 Å². The third kappa shape index (κ3) is 2.50. The molecule has 0 amide bonds. The Balaban J connectivity index is 2.26. The number of Topliss-reactive ketones (excluding diaryl/α,β-unsaturated/α-hetero) is 1. The van der Waals surface area contributed by atoms with E-state index in [0.717, 1.165) is 12.8 Å². The highest BCUT2D eigenvalue weighted by Crippen LogP contribution is 2.40. The number of nitrogens with two attached hydrogens (primary N) is 1. The Morgan fingerprint density at radius 1 is 1.72 bits per heavy atom. The normalized spacial score (nSPS) is 18.7. The fourth-order valence-electron chi connectivity index (χ4n) is 2.06. The van der Waals surface area contributed by atoms with Crippen LogP contribution in [0.2, 0.25) is 0 Å². The first kappa shape index (κ1) is 13.7. The largest absolute Gasteiger partial charge is 0.383 e. The van der Waals surface area contributed by atoms with Gasteiger partial charge in [-0.2, -0.15) is 5.10 Å². The predicted octanol–water partition coefficient (Wildman–Crippen LogP) is 1.60. The Morgan fingerprint density at radius 3 is 2.94 bits per heavy atom. The van der Waals surface area contributed by atoms with Crippen molar-refractivity contribution in [2.75, 3.05) is 13.7 Å². The Kier molecular flexibility index (Phi) is 3.89. The zero-order chi connectivity index (χ0) is 13.3. The van der Waals surface area contributed by atoms with Crippen LogP contribution in [0, 0.1) is 5.92 Å². The van der Waals surface area contributed by atoms with Gasteiger partial charge in [0.25, 0.3) is 0 Å². The van der Waals surface area contributed by atoms with Crippen molar-refractivity contribution in [2.24, 2.45) is 11.7 Å². The highest BCUT2D eigenvalue weighted by molar-refractivity contribution is 9.10. The van der Waals surface area contributed by atoms with Gasteiger partial charge in [0.2, 0.25) is 5.78 Å². The number of carbonyl (C=O) groups excluding carboxylic acids is 1. The average Bonchev–Trinajstić information content (AvgIpc) is 3.11. The van der Waals surface area contributed by atoms with Crippen LogP contribution in [0.15, 0.2) is 10.7 Å². The lowest BCUT2D eigenvalue weighted by Gasteiger charge is -2.23. The molecule has 0 aromatic carbocycles. The quantitative estimate of drug-likeness (QED) is 0.809. The average molecular weight is 316 g/mol. The van der Waals surface area contributed by atoms with Crippen LogP contribution in [-0.4, -0.2) is 34.8 Å². The molecule has 0 aliphatic heterocycles. The number of halogens is 1. The monoisotopic (exact) mass is 315 g/mol. The van der Waals surface area contributed by atoms with Gasteiger partial charge >= 0.3 is 0 Å². The summed E-state index contributed by atoms with van der Waals surface area (Å²) in [4.78, 5) is 12.6. The van der Waals surface area contributed by atoms with Crippen LogP contribution in [0.3, 0.4) is 0 Å². The second kappa shape index (κ2) is 5.11. The number of hydrogen-bond acceptors (Lipinski definition) is 4. The predicted molar refractivity (Wildman–Crippen MR) is 71.4 cm³/mol. The molecule has 1 saturated carbocycles. The Hall–Kier alpha value is -0.720. The standard InChI is InChI=1S/C12H18BrN3O2/c1-12(14,8-3-4-8)11(17)10-9(13)7-15-16(10)5-6-18-2/h7-8H,3-6,14H2,1-2H3. The van der Waals surface area contributed by atoms with E-state index in [0.29, 0.717) is 29.2 Å². The zero-order valence-corrected chi connectivity index (χ0v) is 12.2. The van der Waals surface area contributed by atoms with E-state index in [2.05, 4.69) is 21.0 Å². The lowest BCUT2D eigenvalue weighted by atomic mass is 9.90. The summed E-state index contributed by atoms with van der Waals surface area (Å²) in [6, 6.07) is 0. The number of rotatable bonds is 6. The second-order valence-corrected chi connectivity index (χ2v) is 5.80. The van der Waals surface area contributed by atoms with E-state index in [-0.39, 0.29) is 5.78 Å². The van der Waals surface area contributed by atoms with Crippen molar-refractivity contribution in [1.29, 1.82) is 0 Å². The molecule has 1 unspecified atom stereocenters. The molecule has 0 bridgehead atoms. The van der Waals surface area contributed by atoms with Crippen molar-refractivity contribution < 1.29 is 9.53 Å². The minimum Gasteiger partial charge on any atom is -0.383 e. The second-order valence-electron chi connectivity index (χ2n) is 4.94. The molecule has 1 aliphatic carbocycles. The minimum atomic E-state index is -0.798. The molecule has 6 heteroatoms. The van der Waals surface area contributed by atoms with Crippen LogP contribution in [0.1, 0.15) is 30.3 Å². The van der Waals surface area contributed by atoms with Crippen molar-refractivity contribution >= 4 is 21.7 Å². The van der Waals surface area contributed by atoms with Gasteiger partial charge in [0, 0.05) is 7.11 Å². The molecule has 2 rings (SSSR count). The van der Waals surface area contributed by atoms with Gasteiger partial charge in [0.05, 0.1) is 29.4 Å². The topological polar surface area (TPSA) is 70.1 Å². The summed E-state index contributed by atoms with van der Waals surface area (Å²) in [6.45, 7) is 2.87. The number of nitrogens with zero attached hydrogens (tertiary/aromatic N) is 2. The fraction of sp³-hybridized carbons (Fsp3) is 0.667. The van der Waals surface area contributed by atoms with Crippen molar-refractivity contribution in [2.45, 2.75) is 31.8 Å². The third-order valence-corrected chi connectivity index (χ3v) is 4.01. The van der Waals surface area contributed by atoms with Crippen LogP contribution in [0.5, 0.6) is 0 Å². The van der Waals surface area contributed by atoms with Gasteiger partial charge in [-0.25, -0.2) is 0 Å². The van der Waals surface area contributed by atoms with Gasteiger partial charge in [0.1, 0.15) is 5.69 Å². The summed E-state index contributed by atoms with van der Waals surface area (Å²) in [6.07, 6.45) is 3.69. The molecular weight excluding hydrogens is 298 g/mol. The molecule has 18 heavy (non-hydrogen) atoms. The van der Waals surface area contributed by atoms with Crippen LogP contribution in [0.4, 0.5) is 0 Å². The first-order valence-electron chi connectivity index (χ1n) is 6.02. The highest BCUT2D eigenvalue weighted by atomic mass is 79.9. The Bertz CT molecular complexity index is 452. The molecule has 5 nitrogen and oxygen atoms in total. The van der Waals surface area contributed by atoms with E-state index in [1.165, 1.54) is 0 Å². The molecule has 0 saturated heterocycles. The summed E-state index contributed by atoms with van der Waals surface area (Å²) in [5, 5.41) is 4.18. The van der Waals surface area contributed by atoms with Gasteiger partial charge in [-0.15, -0.1) is 0 Å². The molecule has 1 fully saturated rings. The van der Waals surface area contributed by atoms with E-state index >= 15 is 0 Å². The van der Waals surface area contributed by atoms with Gasteiger partial charge in [-0.3, -0.25) is 9.48 Å². The van der Waals surface area contributed by atoms with Gasteiger partial charge in [-0.05, 0) is 41.6 Å². The summed E-state index contributed by atoms with van der Waals surface area (Å²) in [5.74, 6) is 0.244. The van der Waals surface area contributed by atoms with Crippen LogP contribution in [-0.2, 0) is 11.3 Å². The SMILES string of the molecule is COCCn1ncc(Br)c1C(=O)C(C)(N)C1CC1. The highest BCUT2D eigenvalue weighted by Gasteiger charge is 2.45. The summed E-state index contributed by atoms with van der Waals surface area (Å²) in [5.41, 5.74) is 5.93. The fourth-order valence-corrected chi connectivity index (χ4v) is 2.54. The Morgan fingerprint density at radius 2 is 2.39 bits per heavy atom. The summed E-state index contributed by atoms with van der Waals surface area (Å²) in [7, 11) is 1.62. The van der Waals surface area contributed by atoms with E-state index in [4.69, 9.17) is 10.5 Å². The van der Waals surface area contributed by atoms with E-state index < -0.39 is 5.54 Å². The van der Waals surface area contributed by atoms with Gasteiger partial charge < -0.3 is 10.5 Å². The molecule has 1 heterocycles. The molecule has 2 N–H and O–H groups in total. The Labute approximate surface area is 115 Å². The lowest BCUT2D eigenvalue weighted by Crippen LogP contribution is -2.48. The van der Waals surface area contributed by atoms with Crippen LogP contribution in [0.25, 0.3) is 0 Å². The van der Waals surface area contributed by atoms with Crippen molar-refractivity contribution in [3.63, 3.8) is 0 Å². The van der Waals surface area contributed by atoms with Crippen molar-refractivity contribution in [1.82, 2.24) is 9.78 Å². The number of ether oxygens (including phenoxy) is 1. The van der Waals surface area contributed by atoms with Crippen LogP contribution < -0.4 is 5.73 Å². The molecule has 100 valence electrons. The number of carbonyl (C=O) groups is 1. The van der Waals surface area contributed by atoms with E-state index in [1.54, 1.807) is 18.0 Å². The maximum absolute atomic E-state index is 12.6. The maximum atomic E-state index is 12.6. The molecule has 1 atom stereocenters. The minimum absolute atomic E-state index is 0.0505. The molecule has 1 aromatic heterocycles. The number of ketones is 1. The smallest absolute Gasteiger partial charge is 0.201 e.